The van der Waals surface area contributed by atoms with Crippen LogP contribution >= 0.6 is 15.9 Å². The summed E-state index contributed by atoms with van der Waals surface area (Å²) in [5, 5.41) is 2.78. The highest BCUT2D eigenvalue weighted by Crippen LogP contribution is 2.17. The van der Waals surface area contributed by atoms with Gasteiger partial charge in [0.05, 0.1) is 0 Å². The summed E-state index contributed by atoms with van der Waals surface area (Å²) < 4.78 is 14.3. The predicted octanol–water partition coefficient (Wildman–Crippen LogP) is 3.53. The molecule has 0 spiro atoms. The van der Waals surface area contributed by atoms with Gasteiger partial charge in [-0.15, -0.1) is 0 Å². The number of carbonyl (C=O) groups is 1. The second-order valence-corrected chi connectivity index (χ2v) is 6.00. The van der Waals surface area contributed by atoms with Gasteiger partial charge in [-0.3, -0.25) is 0 Å². The zero-order valence-electron chi connectivity index (χ0n) is 11.0. The van der Waals surface area contributed by atoms with Crippen LogP contribution in [0.5, 0.6) is 0 Å². The molecule has 1 unspecified atom stereocenters. The van der Waals surface area contributed by atoms with Crippen LogP contribution < -0.4 is 5.32 Å². The predicted molar refractivity (Wildman–Crippen MR) is 76.3 cm³/mol. The van der Waals surface area contributed by atoms with Gasteiger partial charge in [-0.1, -0.05) is 22.9 Å². The van der Waals surface area contributed by atoms with E-state index in [2.05, 4.69) is 28.2 Å². The van der Waals surface area contributed by atoms with Gasteiger partial charge in [0.25, 0.3) is 0 Å². The van der Waals surface area contributed by atoms with Crippen molar-refractivity contribution in [2.24, 2.45) is 5.92 Å². The van der Waals surface area contributed by atoms with Gasteiger partial charge in [-0.2, -0.15) is 0 Å². The third-order valence-corrected chi connectivity index (χ3v) is 3.88. The van der Waals surface area contributed by atoms with E-state index < -0.39 is 0 Å². The van der Waals surface area contributed by atoms with Crippen molar-refractivity contribution in [1.82, 2.24) is 10.2 Å². The number of piperidine rings is 1. The van der Waals surface area contributed by atoms with Crippen LogP contribution in [0.15, 0.2) is 22.7 Å². The van der Waals surface area contributed by atoms with Gasteiger partial charge in [-0.25, -0.2) is 9.18 Å². The Balaban J connectivity index is 1.91. The lowest BCUT2D eigenvalue weighted by atomic mass is 10.0. The Hall–Kier alpha value is -1.10. The average Bonchev–Trinajstić information content (AvgIpc) is 2.39. The van der Waals surface area contributed by atoms with Crippen LogP contribution in [0.2, 0.25) is 0 Å². The third kappa shape index (κ3) is 3.93. The lowest BCUT2D eigenvalue weighted by Gasteiger charge is -2.31. The van der Waals surface area contributed by atoms with Crippen molar-refractivity contribution in [3.05, 3.63) is 34.1 Å². The van der Waals surface area contributed by atoms with Crippen LogP contribution in [0.1, 0.15) is 25.3 Å². The first kappa shape index (κ1) is 14.3. The molecule has 0 bridgehead atoms. The SMILES string of the molecule is CC1CCCN(C(=O)NCc2cc(Br)ccc2F)C1. The van der Waals surface area contributed by atoms with Gasteiger partial charge in [0.1, 0.15) is 5.82 Å². The average molecular weight is 329 g/mol. The molecule has 0 aliphatic carbocycles. The number of hydrogen-bond acceptors (Lipinski definition) is 1. The number of nitrogens with one attached hydrogen (secondary N) is 1. The van der Waals surface area contributed by atoms with Crippen molar-refractivity contribution in [2.75, 3.05) is 13.1 Å². The third-order valence-electron chi connectivity index (χ3n) is 3.38. The molecule has 1 aromatic carbocycles. The Bertz CT molecular complexity index is 467. The number of nitrogens with zero attached hydrogens (tertiary/aromatic N) is 1. The fraction of sp³-hybridized carbons (Fsp3) is 0.500. The normalized spacial score (nSPS) is 19.3. The van der Waals surface area contributed by atoms with Gasteiger partial charge < -0.3 is 10.2 Å². The number of amides is 2. The standard InChI is InChI=1S/C14H18BrFN2O/c1-10-3-2-6-18(9-10)14(19)17-8-11-7-12(15)4-5-13(11)16/h4-5,7,10H,2-3,6,8-9H2,1H3,(H,17,19). The molecule has 19 heavy (non-hydrogen) atoms. The molecule has 1 heterocycles. The Morgan fingerprint density at radius 2 is 2.37 bits per heavy atom. The van der Waals surface area contributed by atoms with Crippen LogP contribution in [0.25, 0.3) is 0 Å². The molecule has 1 aliphatic rings. The Morgan fingerprint density at radius 1 is 1.58 bits per heavy atom. The fourth-order valence-electron chi connectivity index (χ4n) is 2.34. The van der Waals surface area contributed by atoms with Gasteiger partial charge in [-0.05, 0) is 37.0 Å². The van der Waals surface area contributed by atoms with Crippen molar-refractivity contribution in [3.8, 4) is 0 Å². The van der Waals surface area contributed by atoms with Gasteiger partial charge in [0, 0.05) is 29.7 Å². The fourth-order valence-corrected chi connectivity index (χ4v) is 2.74. The molecular formula is C14H18BrFN2O. The minimum Gasteiger partial charge on any atom is -0.334 e. The number of likely N-dealkylation sites (tertiary alicyclic amines) is 1. The Kier molecular flexibility index (Phi) is 4.80. The quantitative estimate of drug-likeness (QED) is 0.884. The van der Waals surface area contributed by atoms with E-state index in [-0.39, 0.29) is 18.4 Å². The van der Waals surface area contributed by atoms with Crippen LogP contribution in [-0.2, 0) is 6.54 Å². The molecule has 1 saturated heterocycles. The maximum absolute atomic E-state index is 13.5. The van der Waals surface area contributed by atoms with E-state index in [4.69, 9.17) is 0 Å². The Morgan fingerprint density at radius 3 is 3.11 bits per heavy atom. The zero-order chi connectivity index (χ0) is 13.8. The van der Waals surface area contributed by atoms with Crippen molar-refractivity contribution >= 4 is 22.0 Å². The van der Waals surface area contributed by atoms with Crippen molar-refractivity contribution in [3.63, 3.8) is 0 Å². The summed E-state index contributed by atoms with van der Waals surface area (Å²) in [6.45, 7) is 3.94. The molecule has 1 N–H and O–H groups in total. The van der Waals surface area contributed by atoms with Gasteiger partial charge in [0.15, 0.2) is 0 Å². The van der Waals surface area contributed by atoms with Crippen molar-refractivity contribution in [2.45, 2.75) is 26.3 Å². The van der Waals surface area contributed by atoms with E-state index in [9.17, 15) is 9.18 Å². The second-order valence-electron chi connectivity index (χ2n) is 5.09. The summed E-state index contributed by atoms with van der Waals surface area (Å²) in [6, 6.07) is 4.63. The van der Waals surface area contributed by atoms with Gasteiger partial charge in [0.2, 0.25) is 0 Å². The summed E-state index contributed by atoms with van der Waals surface area (Å²) in [6.07, 6.45) is 2.21. The molecule has 5 heteroatoms. The van der Waals surface area contributed by atoms with Crippen LogP contribution in [0.4, 0.5) is 9.18 Å². The number of benzene rings is 1. The number of hydrogen-bond donors (Lipinski definition) is 1. The van der Waals surface area contributed by atoms with Gasteiger partial charge >= 0.3 is 6.03 Å². The highest BCUT2D eigenvalue weighted by atomic mass is 79.9. The van der Waals surface area contributed by atoms with Crippen LogP contribution in [0, 0.1) is 11.7 Å². The molecular weight excluding hydrogens is 311 g/mol. The molecule has 2 amide bonds. The summed E-state index contributed by atoms with van der Waals surface area (Å²) in [4.78, 5) is 13.8. The molecule has 0 radical (unpaired) electrons. The number of urea groups is 1. The molecule has 0 aromatic heterocycles. The first-order valence-electron chi connectivity index (χ1n) is 6.53. The van der Waals surface area contributed by atoms with Crippen LogP contribution in [0.3, 0.4) is 0 Å². The number of rotatable bonds is 2. The van der Waals surface area contributed by atoms with E-state index in [1.54, 1.807) is 12.1 Å². The van der Waals surface area contributed by atoms with Crippen molar-refractivity contribution in [1.29, 1.82) is 0 Å². The first-order chi connectivity index (χ1) is 9.06. The molecule has 104 valence electrons. The molecule has 2 rings (SSSR count). The number of carbonyl (C=O) groups excluding carboxylic acids is 1. The molecule has 3 nitrogen and oxygen atoms in total. The maximum atomic E-state index is 13.5. The van der Waals surface area contributed by atoms with E-state index in [0.717, 1.165) is 24.0 Å². The van der Waals surface area contributed by atoms with Crippen molar-refractivity contribution < 1.29 is 9.18 Å². The summed E-state index contributed by atoms with van der Waals surface area (Å²) in [5.41, 5.74) is 0.493. The largest absolute Gasteiger partial charge is 0.334 e. The highest BCUT2D eigenvalue weighted by Gasteiger charge is 2.20. The monoisotopic (exact) mass is 328 g/mol. The number of halogens is 2. The lowest BCUT2D eigenvalue weighted by Crippen LogP contribution is -2.44. The second kappa shape index (κ2) is 6.37. The van der Waals surface area contributed by atoms with E-state index in [1.807, 2.05) is 4.90 Å². The molecule has 1 atom stereocenters. The molecule has 0 saturated carbocycles. The molecule has 1 aromatic rings. The topological polar surface area (TPSA) is 32.3 Å². The molecule has 1 aliphatic heterocycles. The summed E-state index contributed by atoms with van der Waals surface area (Å²) in [5.74, 6) is 0.248. The highest BCUT2D eigenvalue weighted by molar-refractivity contribution is 9.10. The summed E-state index contributed by atoms with van der Waals surface area (Å²) in [7, 11) is 0. The maximum Gasteiger partial charge on any atom is 0.317 e. The van der Waals surface area contributed by atoms with E-state index in [0.29, 0.717) is 11.5 Å². The minimum absolute atomic E-state index is 0.106. The Labute approximate surface area is 121 Å². The van der Waals surface area contributed by atoms with E-state index >= 15 is 0 Å². The first-order valence-corrected chi connectivity index (χ1v) is 7.32. The minimum atomic E-state index is -0.296. The van der Waals surface area contributed by atoms with Crippen LogP contribution in [-0.4, -0.2) is 24.0 Å². The smallest absolute Gasteiger partial charge is 0.317 e. The van der Waals surface area contributed by atoms with E-state index in [1.165, 1.54) is 12.5 Å². The summed E-state index contributed by atoms with van der Waals surface area (Å²) >= 11 is 3.30. The zero-order valence-corrected chi connectivity index (χ0v) is 12.5. The lowest BCUT2D eigenvalue weighted by molar-refractivity contribution is 0.169. The molecule has 1 fully saturated rings.